The van der Waals surface area contributed by atoms with Crippen molar-refractivity contribution in [3.8, 4) is 34.8 Å². The maximum Gasteiger partial charge on any atom is 0.266 e. The first-order valence-electron chi connectivity index (χ1n) is 11.6. The topological polar surface area (TPSA) is 125 Å². The lowest BCUT2D eigenvalue weighted by Crippen LogP contribution is -2.45. The fourth-order valence-electron chi connectivity index (χ4n) is 3.66. The maximum atomic E-state index is 13.1. The van der Waals surface area contributed by atoms with E-state index in [1.807, 2.05) is 6.07 Å². The van der Waals surface area contributed by atoms with Crippen LogP contribution in [0.2, 0.25) is 0 Å². The lowest BCUT2D eigenvalue weighted by molar-refractivity contribution is 0.356. The molecule has 0 radical (unpaired) electrons. The monoisotopic (exact) mass is 533 g/mol. The van der Waals surface area contributed by atoms with E-state index < -0.39 is 15.6 Å². The van der Waals surface area contributed by atoms with Gasteiger partial charge in [0.05, 0.1) is 24.0 Å². The van der Waals surface area contributed by atoms with E-state index in [-0.39, 0.29) is 34.6 Å². The fraction of sp³-hybridized carbons (Fsp3) is 0.185. The first kappa shape index (κ1) is 26.7. The SMILES string of the molecule is C=COc1nc(-c2ncccn2)nc(CC(C)(C)NS(=O)(=O)c2ccccc2)c1Oc1ccccc1OC. The number of benzene rings is 2. The number of rotatable bonds is 11. The molecule has 4 rings (SSSR count). The Morgan fingerprint density at radius 3 is 2.24 bits per heavy atom. The normalized spacial score (nSPS) is 11.6. The molecule has 0 fully saturated rings. The van der Waals surface area contributed by atoms with Gasteiger partial charge in [-0.3, -0.25) is 0 Å². The minimum atomic E-state index is -3.83. The Morgan fingerprint density at radius 1 is 0.921 bits per heavy atom. The molecule has 0 bridgehead atoms. The molecule has 0 saturated heterocycles. The van der Waals surface area contributed by atoms with E-state index in [0.717, 1.165) is 0 Å². The van der Waals surface area contributed by atoms with Crippen LogP contribution in [0.4, 0.5) is 0 Å². The number of hydrogen-bond donors (Lipinski definition) is 1. The highest BCUT2D eigenvalue weighted by molar-refractivity contribution is 7.89. The van der Waals surface area contributed by atoms with Crippen LogP contribution >= 0.6 is 0 Å². The van der Waals surface area contributed by atoms with Crippen molar-refractivity contribution in [1.29, 1.82) is 0 Å². The summed E-state index contributed by atoms with van der Waals surface area (Å²) in [5.41, 5.74) is -0.659. The molecule has 0 spiro atoms. The van der Waals surface area contributed by atoms with Crippen LogP contribution in [0.3, 0.4) is 0 Å². The summed E-state index contributed by atoms with van der Waals surface area (Å²) in [6.07, 6.45) is 4.44. The van der Waals surface area contributed by atoms with Gasteiger partial charge in [0.2, 0.25) is 21.6 Å². The molecule has 1 N–H and O–H groups in total. The molecule has 2 aromatic heterocycles. The molecule has 0 aliphatic heterocycles. The summed E-state index contributed by atoms with van der Waals surface area (Å²) in [5, 5.41) is 0. The van der Waals surface area contributed by atoms with Crippen molar-refractivity contribution in [3.05, 3.63) is 91.6 Å². The first-order chi connectivity index (χ1) is 18.2. The van der Waals surface area contributed by atoms with E-state index in [9.17, 15) is 8.42 Å². The number of nitrogens with zero attached hydrogens (tertiary/aromatic N) is 4. The van der Waals surface area contributed by atoms with E-state index in [1.54, 1.807) is 68.7 Å². The molecule has 0 atom stereocenters. The minimum absolute atomic E-state index is 0.0556. The lowest BCUT2D eigenvalue weighted by atomic mass is 9.99. The van der Waals surface area contributed by atoms with Gasteiger partial charge < -0.3 is 14.2 Å². The summed E-state index contributed by atoms with van der Waals surface area (Å²) < 4.78 is 46.2. The van der Waals surface area contributed by atoms with Crippen molar-refractivity contribution in [2.75, 3.05) is 7.11 Å². The predicted octanol–water partition coefficient (Wildman–Crippen LogP) is 4.56. The van der Waals surface area contributed by atoms with Gasteiger partial charge in [-0.2, -0.15) is 4.98 Å². The molecular formula is C27H27N5O5S. The third-order valence-corrected chi connectivity index (χ3v) is 6.93. The molecule has 38 heavy (non-hydrogen) atoms. The van der Waals surface area contributed by atoms with E-state index in [2.05, 4.69) is 31.2 Å². The average Bonchev–Trinajstić information content (AvgIpc) is 2.91. The van der Waals surface area contributed by atoms with Gasteiger partial charge >= 0.3 is 0 Å². The van der Waals surface area contributed by atoms with Crippen molar-refractivity contribution in [1.82, 2.24) is 24.7 Å². The van der Waals surface area contributed by atoms with Crippen molar-refractivity contribution in [2.24, 2.45) is 0 Å². The van der Waals surface area contributed by atoms with E-state index in [0.29, 0.717) is 17.2 Å². The zero-order chi connectivity index (χ0) is 27.2. The third kappa shape index (κ3) is 6.31. The molecule has 0 unspecified atom stereocenters. The highest BCUT2D eigenvalue weighted by Crippen LogP contribution is 2.39. The van der Waals surface area contributed by atoms with Gasteiger partial charge in [-0.1, -0.05) is 36.9 Å². The molecule has 4 aromatic rings. The summed E-state index contributed by atoms with van der Waals surface area (Å²) in [6, 6.07) is 16.9. The number of sulfonamides is 1. The lowest BCUT2D eigenvalue weighted by Gasteiger charge is -2.27. The van der Waals surface area contributed by atoms with Gasteiger partial charge in [0.25, 0.3) is 5.88 Å². The van der Waals surface area contributed by atoms with Crippen LogP contribution in [0.25, 0.3) is 11.6 Å². The summed E-state index contributed by atoms with van der Waals surface area (Å²) >= 11 is 0. The van der Waals surface area contributed by atoms with E-state index in [1.165, 1.54) is 25.5 Å². The summed E-state index contributed by atoms with van der Waals surface area (Å²) in [7, 11) is -2.30. The zero-order valence-corrected chi connectivity index (χ0v) is 22.0. The minimum Gasteiger partial charge on any atom is -0.493 e. The Kier molecular flexibility index (Phi) is 7.99. The highest BCUT2D eigenvalue weighted by atomic mass is 32.2. The van der Waals surface area contributed by atoms with Crippen LogP contribution < -0.4 is 18.9 Å². The molecule has 0 amide bonds. The smallest absolute Gasteiger partial charge is 0.266 e. The van der Waals surface area contributed by atoms with Gasteiger partial charge in [0.1, 0.15) is 0 Å². The van der Waals surface area contributed by atoms with Crippen LogP contribution in [0.1, 0.15) is 19.5 Å². The molecular weight excluding hydrogens is 506 g/mol. The van der Waals surface area contributed by atoms with Gasteiger partial charge in [-0.15, -0.1) is 0 Å². The quantitative estimate of drug-likeness (QED) is 0.276. The number of para-hydroxylation sites is 2. The van der Waals surface area contributed by atoms with Crippen molar-refractivity contribution in [2.45, 2.75) is 30.7 Å². The average molecular weight is 534 g/mol. The number of methoxy groups -OCH3 is 1. The van der Waals surface area contributed by atoms with Crippen molar-refractivity contribution < 1.29 is 22.6 Å². The Hall–Kier alpha value is -4.35. The molecule has 2 heterocycles. The Bertz CT molecular complexity index is 1510. The zero-order valence-electron chi connectivity index (χ0n) is 21.2. The van der Waals surface area contributed by atoms with E-state index >= 15 is 0 Å². The summed E-state index contributed by atoms with van der Waals surface area (Å²) in [6.45, 7) is 7.13. The largest absolute Gasteiger partial charge is 0.493 e. The predicted molar refractivity (Wildman–Crippen MR) is 141 cm³/mol. The van der Waals surface area contributed by atoms with Crippen molar-refractivity contribution >= 4 is 10.0 Å². The molecule has 196 valence electrons. The third-order valence-electron chi connectivity index (χ3n) is 5.22. The van der Waals surface area contributed by atoms with Gasteiger partial charge in [-0.25, -0.2) is 28.1 Å². The number of hydrogen-bond acceptors (Lipinski definition) is 9. The van der Waals surface area contributed by atoms with Crippen LogP contribution in [0.5, 0.6) is 23.1 Å². The standard InChI is InChI=1S/C27H27N5O5S/c1-5-36-26-23(37-22-15-10-9-14-21(22)35-4)20(30-25(31-26)24-28-16-11-17-29-24)18-27(2,3)32-38(33,34)19-12-7-6-8-13-19/h5-17,32H,1,18H2,2-4H3. The summed E-state index contributed by atoms with van der Waals surface area (Å²) in [4.78, 5) is 17.8. The molecule has 0 aliphatic carbocycles. The number of nitrogens with one attached hydrogen (secondary N) is 1. The van der Waals surface area contributed by atoms with Crippen LogP contribution in [0.15, 0.2) is 90.8 Å². The highest BCUT2D eigenvalue weighted by Gasteiger charge is 2.31. The second-order valence-electron chi connectivity index (χ2n) is 8.72. The Labute approximate surface area is 221 Å². The van der Waals surface area contributed by atoms with Crippen molar-refractivity contribution in [3.63, 3.8) is 0 Å². The molecule has 10 nitrogen and oxygen atoms in total. The molecule has 0 aliphatic rings. The van der Waals surface area contributed by atoms with Crippen LogP contribution in [0, 0.1) is 0 Å². The van der Waals surface area contributed by atoms with Gasteiger partial charge in [-0.05, 0) is 44.2 Å². The fourth-order valence-corrected chi connectivity index (χ4v) is 5.09. The first-order valence-corrected chi connectivity index (χ1v) is 13.1. The van der Waals surface area contributed by atoms with E-state index in [4.69, 9.17) is 14.2 Å². The number of ether oxygens (including phenoxy) is 3. The maximum absolute atomic E-state index is 13.1. The molecule has 2 aromatic carbocycles. The molecule has 0 saturated carbocycles. The van der Waals surface area contributed by atoms with Crippen LogP contribution in [-0.4, -0.2) is 41.0 Å². The Morgan fingerprint density at radius 2 is 1.58 bits per heavy atom. The Balaban J connectivity index is 1.81. The second kappa shape index (κ2) is 11.4. The van der Waals surface area contributed by atoms with Crippen LogP contribution in [-0.2, 0) is 16.4 Å². The second-order valence-corrected chi connectivity index (χ2v) is 10.4. The number of aromatic nitrogens is 4. The summed E-state index contributed by atoms with van der Waals surface area (Å²) in [5.74, 6) is 1.52. The van der Waals surface area contributed by atoms with Gasteiger partial charge in [0.15, 0.2) is 17.3 Å². The molecule has 11 heteroatoms. The van der Waals surface area contributed by atoms with Gasteiger partial charge in [0, 0.05) is 24.4 Å².